The smallest absolute Gasteiger partial charge is 0.317 e. The van der Waals surface area contributed by atoms with Gasteiger partial charge in [0, 0.05) is 5.56 Å². The SMILES string of the molecule is COc1ccc(C)cc1NC(=O)[C@@H](C)OC(=O)C1(c2ccccc2F)CCCC1. The molecule has 0 heterocycles. The normalized spacial score (nSPS) is 16.1. The van der Waals surface area contributed by atoms with E-state index < -0.39 is 29.2 Å². The number of amides is 1. The molecule has 0 spiro atoms. The van der Waals surface area contributed by atoms with Crippen LogP contribution in [-0.4, -0.2) is 25.1 Å². The van der Waals surface area contributed by atoms with Crippen molar-refractivity contribution in [1.29, 1.82) is 0 Å². The average Bonchev–Trinajstić information content (AvgIpc) is 3.19. The Balaban J connectivity index is 1.76. The van der Waals surface area contributed by atoms with Gasteiger partial charge in [0.25, 0.3) is 5.91 Å². The fraction of sp³-hybridized carbons (Fsp3) is 0.391. The van der Waals surface area contributed by atoms with Gasteiger partial charge >= 0.3 is 5.97 Å². The molecule has 0 aliphatic heterocycles. The minimum Gasteiger partial charge on any atom is -0.495 e. The van der Waals surface area contributed by atoms with Gasteiger partial charge in [0.05, 0.1) is 18.2 Å². The topological polar surface area (TPSA) is 64.6 Å². The molecular formula is C23H26FNO4. The van der Waals surface area contributed by atoms with Crippen molar-refractivity contribution in [2.75, 3.05) is 12.4 Å². The number of rotatable bonds is 6. The van der Waals surface area contributed by atoms with Gasteiger partial charge in [0.2, 0.25) is 0 Å². The summed E-state index contributed by atoms with van der Waals surface area (Å²) in [5.41, 5.74) is 0.761. The van der Waals surface area contributed by atoms with Crippen molar-refractivity contribution in [2.45, 2.75) is 51.0 Å². The van der Waals surface area contributed by atoms with Crippen LogP contribution in [-0.2, 0) is 19.7 Å². The summed E-state index contributed by atoms with van der Waals surface area (Å²) in [6.45, 7) is 3.41. The predicted molar refractivity (Wildman–Crippen MR) is 108 cm³/mol. The Bertz CT molecular complexity index is 906. The maximum atomic E-state index is 14.5. The molecule has 1 N–H and O–H groups in total. The van der Waals surface area contributed by atoms with E-state index in [4.69, 9.17) is 9.47 Å². The van der Waals surface area contributed by atoms with E-state index in [0.29, 0.717) is 29.8 Å². The summed E-state index contributed by atoms with van der Waals surface area (Å²) in [6, 6.07) is 11.7. The molecule has 1 amide bonds. The van der Waals surface area contributed by atoms with E-state index in [1.165, 1.54) is 20.1 Å². The third kappa shape index (κ3) is 4.26. The molecule has 0 bridgehead atoms. The molecule has 3 rings (SSSR count). The number of hydrogen-bond donors (Lipinski definition) is 1. The van der Waals surface area contributed by atoms with Gasteiger partial charge in [0.15, 0.2) is 6.10 Å². The van der Waals surface area contributed by atoms with Crippen LogP contribution in [0.2, 0.25) is 0 Å². The highest BCUT2D eigenvalue weighted by Crippen LogP contribution is 2.43. The molecule has 1 saturated carbocycles. The van der Waals surface area contributed by atoms with Crippen LogP contribution in [0.25, 0.3) is 0 Å². The molecule has 0 aromatic heterocycles. The number of halogens is 1. The predicted octanol–water partition coefficient (Wildman–Crippen LogP) is 4.52. The monoisotopic (exact) mass is 399 g/mol. The number of hydrogen-bond acceptors (Lipinski definition) is 4. The van der Waals surface area contributed by atoms with Crippen molar-refractivity contribution in [1.82, 2.24) is 0 Å². The van der Waals surface area contributed by atoms with Crippen molar-refractivity contribution < 1.29 is 23.5 Å². The number of esters is 1. The molecule has 2 aromatic rings. The fourth-order valence-corrected chi connectivity index (χ4v) is 3.89. The van der Waals surface area contributed by atoms with Crippen LogP contribution >= 0.6 is 0 Å². The molecule has 1 atom stereocenters. The van der Waals surface area contributed by atoms with E-state index in [0.717, 1.165) is 18.4 Å². The van der Waals surface area contributed by atoms with Crippen LogP contribution in [0.15, 0.2) is 42.5 Å². The molecule has 5 nitrogen and oxygen atoms in total. The molecule has 1 aliphatic rings. The second-order valence-corrected chi connectivity index (χ2v) is 7.51. The van der Waals surface area contributed by atoms with E-state index >= 15 is 0 Å². The van der Waals surface area contributed by atoms with Crippen molar-refractivity contribution >= 4 is 17.6 Å². The lowest BCUT2D eigenvalue weighted by Crippen LogP contribution is -2.40. The minimum absolute atomic E-state index is 0.343. The molecule has 29 heavy (non-hydrogen) atoms. The van der Waals surface area contributed by atoms with E-state index in [1.807, 2.05) is 13.0 Å². The Morgan fingerprint density at radius 2 is 1.83 bits per heavy atom. The first kappa shape index (κ1) is 20.8. The summed E-state index contributed by atoms with van der Waals surface area (Å²) in [7, 11) is 1.52. The summed E-state index contributed by atoms with van der Waals surface area (Å²) in [5.74, 6) is -0.933. The van der Waals surface area contributed by atoms with Crippen molar-refractivity contribution in [2.24, 2.45) is 0 Å². The molecule has 6 heteroatoms. The van der Waals surface area contributed by atoms with E-state index in [-0.39, 0.29) is 0 Å². The first-order valence-electron chi connectivity index (χ1n) is 9.79. The lowest BCUT2D eigenvalue weighted by molar-refractivity contribution is -0.159. The number of carbonyl (C=O) groups is 2. The number of carbonyl (C=O) groups excluding carboxylic acids is 2. The van der Waals surface area contributed by atoms with E-state index in [2.05, 4.69) is 5.32 Å². The highest BCUT2D eigenvalue weighted by atomic mass is 19.1. The van der Waals surface area contributed by atoms with Crippen LogP contribution < -0.4 is 10.1 Å². The van der Waals surface area contributed by atoms with Gasteiger partial charge in [-0.25, -0.2) is 4.39 Å². The van der Waals surface area contributed by atoms with Gasteiger partial charge in [-0.15, -0.1) is 0 Å². The minimum atomic E-state index is -1.04. The molecule has 0 saturated heterocycles. The standard InChI is InChI=1S/C23H26FNO4/c1-15-10-11-20(28-3)19(14-15)25-21(26)16(2)29-22(27)23(12-6-7-13-23)17-8-4-5-9-18(17)24/h4-5,8-11,14,16H,6-7,12-13H2,1-3H3,(H,25,26)/t16-/m1/s1. The van der Waals surface area contributed by atoms with Gasteiger partial charge < -0.3 is 14.8 Å². The number of aryl methyl sites for hydroxylation is 1. The number of nitrogens with one attached hydrogen (secondary N) is 1. The van der Waals surface area contributed by atoms with Crippen LogP contribution in [0.5, 0.6) is 5.75 Å². The van der Waals surface area contributed by atoms with Crippen molar-refractivity contribution in [3.8, 4) is 5.75 Å². The van der Waals surface area contributed by atoms with E-state index in [9.17, 15) is 14.0 Å². The zero-order valence-electron chi connectivity index (χ0n) is 17.0. The Labute approximate surface area is 170 Å². The molecular weight excluding hydrogens is 373 g/mol. The molecule has 2 aromatic carbocycles. The van der Waals surface area contributed by atoms with Crippen LogP contribution in [0.1, 0.15) is 43.7 Å². The Morgan fingerprint density at radius 3 is 2.48 bits per heavy atom. The number of methoxy groups -OCH3 is 1. The number of ether oxygens (including phenoxy) is 2. The Morgan fingerprint density at radius 1 is 1.14 bits per heavy atom. The lowest BCUT2D eigenvalue weighted by Gasteiger charge is -2.29. The van der Waals surface area contributed by atoms with Gasteiger partial charge in [0.1, 0.15) is 11.6 Å². The zero-order chi connectivity index (χ0) is 21.0. The number of benzene rings is 2. The Hall–Kier alpha value is -2.89. The molecule has 1 aliphatic carbocycles. The Kier molecular flexibility index (Phi) is 6.20. The zero-order valence-corrected chi connectivity index (χ0v) is 17.0. The van der Waals surface area contributed by atoms with Gasteiger partial charge in [-0.3, -0.25) is 9.59 Å². The largest absolute Gasteiger partial charge is 0.495 e. The van der Waals surface area contributed by atoms with Crippen molar-refractivity contribution in [3.63, 3.8) is 0 Å². The van der Waals surface area contributed by atoms with Crippen LogP contribution in [0, 0.1) is 12.7 Å². The summed E-state index contributed by atoms with van der Waals surface area (Å²) >= 11 is 0. The van der Waals surface area contributed by atoms with Gasteiger partial charge in [-0.05, 0) is 50.5 Å². The second-order valence-electron chi connectivity index (χ2n) is 7.51. The molecule has 1 fully saturated rings. The maximum Gasteiger partial charge on any atom is 0.317 e. The van der Waals surface area contributed by atoms with E-state index in [1.54, 1.807) is 30.3 Å². The first-order chi connectivity index (χ1) is 13.9. The molecule has 0 radical (unpaired) electrons. The second kappa shape index (κ2) is 8.64. The first-order valence-corrected chi connectivity index (χ1v) is 9.79. The fourth-order valence-electron chi connectivity index (χ4n) is 3.89. The van der Waals surface area contributed by atoms with Crippen molar-refractivity contribution in [3.05, 3.63) is 59.4 Å². The van der Waals surface area contributed by atoms with Crippen LogP contribution in [0.3, 0.4) is 0 Å². The summed E-state index contributed by atoms with van der Waals surface area (Å²) < 4.78 is 25.2. The quantitative estimate of drug-likeness (QED) is 0.725. The molecule has 0 unspecified atom stereocenters. The summed E-state index contributed by atoms with van der Waals surface area (Å²) in [4.78, 5) is 25.7. The highest BCUT2D eigenvalue weighted by molar-refractivity contribution is 5.97. The van der Waals surface area contributed by atoms with Gasteiger partial charge in [-0.2, -0.15) is 0 Å². The van der Waals surface area contributed by atoms with Gasteiger partial charge in [-0.1, -0.05) is 37.1 Å². The molecule has 154 valence electrons. The highest BCUT2D eigenvalue weighted by Gasteiger charge is 2.46. The summed E-state index contributed by atoms with van der Waals surface area (Å²) in [5, 5.41) is 2.75. The number of anilines is 1. The summed E-state index contributed by atoms with van der Waals surface area (Å²) in [6.07, 6.45) is 1.60. The third-order valence-corrected chi connectivity index (χ3v) is 5.50. The average molecular weight is 399 g/mol. The third-order valence-electron chi connectivity index (χ3n) is 5.50. The maximum absolute atomic E-state index is 14.5. The lowest BCUT2D eigenvalue weighted by atomic mass is 9.78. The van der Waals surface area contributed by atoms with Crippen LogP contribution in [0.4, 0.5) is 10.1 Å².